The van der Waals surface area contributed by atoms with Crippen molar-refractivity contribution in [2.24, 2.45) is 29.1 Å². The number of hydrogen-bond donors (Lipinski definition) is 2. The number of aliphatic hydroxyl groups is 2. The molecule has 23 heavy (non-hydrogen) atoms. The lowest BCUT2D eigenvalue weighted by Crippen LogP contribution is -2.63. The molecule has 0 spiro atoms. The molecule has 3 heteroatoms. The van der Waals surface area contributed by atoms with Crippen LogP contribution in [0.2, 0.25) is 0 Å². The van der Waals surface area contributed by atoms with Gasteiger partial charge in [-0.15, -0.1) is 0 Å². The van der Waals surface area contributed by atoms with Gasteiger partial charge in [-0.2, -0.15) is 0 Å². The molecule has 3 nitrogen and oxygen atoms in total. The zero-order chi connectivity index (χ0) is 16.6. The summed E-state index contributed by atoms with van der Waals surface area (Å²) in [6.45, 7) is 4.11. The van der Waals surface area contributed by atoms with Crippen molar-refractivity contribution in [2.75, 3.05) is 0 Å². The first kappa shape index (κ1) is 17.2. The normalized spacial score (nSPS) is 43.2. The van der Waals surface area contributed by atoms with Crippen LogP contribution in [0.3, 0.4) is 0 Å². The monoisotopic (exact) mass is 320 g/mol. The highest BCUT2D eigenvalue weighted by Gasteiger charge is 2.63. The molecule has 3 aliphatic carbocycles. The van der Waals surface area contributed by atoms with Crippen LogP contribution in [0.15, 0.2) is 12.2 Å². The molecule has 3 fully saturated rings. The SMILES string of the molecule is CC[C@@]12CC[C@H](O)[C@@H](/C=C/[C@H](O)C3CCCCC3)[C@@H]1C(C)C2=O. The van der Waals surface area contributed by atoms with E-state index in [4.69, 9.17) is 0 Å². The Morgan fingerprint density at radius 1 is 1.26 bits per heavy atom. The fourth-order valence-corrected chi connectivity index (χ4v) is 5.70. The van der Waals surface area contributed by atoms with Crippen molar-refractivity contribution in [2.45, 2.75) is 77.4 Å². The van der Waals surface area contributed by atoms with Gasteiger partial charge in [-0.05, 0) is 43.9 Å². The largest absolute Gasteiger partial charge is 0.393 e. The summed E-state index contributed by atoms with van der Waals surface area (Å²) in [6, 6.07) is 0. The van der Waals surface area contributed by atoms with E-state index in [1.165, 1.54) is 19.3 Å². The lowest BCUT2D eigenvalue weighted by Gasteiger charge is -2.59. The van der Waals surface area contributed by atoms with Crippen molar-refractivity contribution < 1.29 is 15.0 Å². The fraction of sp³-hybridized carbons (Fsp3) is 0.850. The number of fused-ring (bicyclic) bond motifs is 1. The van der Waals surface area contributed by atoms with E-state index >= 15 is 0 Å². The first-order chi connectivity index (χ1) is 11.0. The van der Waals surface area contributed by atoms with Crippen LogP contribution in [0.25, 0.3) is 0 Å². The first-order valence-electron chi connectivity index (χ1n) is 9.60. The number of carbonyl (C=O) groups is 1. The topological polar surface area (TPSA) is 57.5 Å². The Kier molecular flexibility index (Phi) is 4.98. The van der Waals surface area contributed by atoms with Crippen molar-refractivity contribution in [3.63, 3.8) is 0 Å². The third-order valence-electron chi connectivity index (χ3n) is 7.12. The summed E-state index contributed by atoms with van der Waals surface area (Å²) in [6.07, 6.45) is 11.5. The van der Waals surface area contributed by atoms with Crippen LogP contribution >= 0.6 is 0 Å². The van der Waals surface area contributed by atoms with E-state index in [1.54, 1.807) is 0 Å². The lowest BCUT2D eigenvalue weighted by molar-refractivity contribution is -0.174. The Hall–Kier alpha value is -0.670. The molecule has 0 heterocycles. The average Bonchev–Trinajstić information content (AvgIpc) is 2.60. The summed E-state index contributed by atoms with van der Waals surface area (Å²) >= 11 is 0. The summed E-state index contributed by atoms with van der Waals surface area (Å²) < 4.78 is 0. The number of Topliss-reactive ketones (excluding diaryl/α,β-unsaturated/α-hetero) is 1. The second-order valence-corrected chi connectivity index (χ2v) is 8.15. The smallest absolute Gasteiger partial charge is 0.142 e. The van der Waals surface area contributed by atoms with Gasteiger partial charge in [0.15, 0.2) is 0 Å². The van der Waals surface area contributed by atoms with E-state index < -0.39 is 6.10 Å². The molecule has 3 rings (SSSR count). The Labute approximate surface area is 140 Å². The zero-order valence-electron chi connectivity index (χ0n) is 14.6. The number of carbonyl (C=O) groups excluding carboxylic acids is 1. The van der Waals surface area contributed by atoms with Gasteiger partial charge in [0.25, 0.3) is 0 Å². The highest BCUT2D eigenvalue weighted by molar-refractivity contribution is 5.94. The van der Waals surface area contributed by atoms with Gasteiger partial charge < -0.3 is 10.2 Å². The maximum Gasteiger partial charge on any atom is 0.142 e. The second-order valence-electron chi connectivity index (χ2n) is 8.15. The molecular weight excluding hydrogens is 288 g/mol. The van der Waals surface area contributed by atoms with Gasteiger partial charge in [0.1, 0.15) is 5.78 Å². The number of rotatable bonds is 4. The molecule has 3 saturated carbocycles. The quantitative estimate of drug-likeness (QED) is 0.780. The zero-order valence-corrected chi connectivity index (χ0v) is 14.6. The third kappa shape index (κ3) is 2.80. The molecule has 0 aromatic rings. The average molecular weight is 320 g/mol. The summed E-state index contributed by atoms with van der Waals surface area (Å²) in [5, 5.41) is 20.9. The maximum atomic E-state index is 12.4. The lowest BCUT2D eigenvalue weighted by atomic mass is 9.43. The Morgan fingerprint density at radius 3 is 2.61 bits per heavy atom. The first-order valence-corrected chi connectivity index (χ1v) is 9.60. The van der Waals surface area contributed by atoms with Gasteiger partial charge in [0.2, 0.25) is 0 Å². The van der Waals surface area contributed by atoms with Gasteiger partial charge in [-0.3, -0.25) is 4.79 Å². The van der Waals surface area contributed by atoms with Crippen LogP contribution in [0, 0.1) is 29.1 Å². The van der Waals surface area contributed by atoms with E-state index in [-0.39, 0.29) is 29.3 Å². The summed E-state index contributed by atoms with van der Waals surface area (Å²) in [5.74, 6) is 1.08. The summed E-state index contributed by atoms with van der Waals surface area (Å²) in [4.78, 5) is 12.4. The van der Waals surface area contributed by atoms with Crippen molar-refractivity contribution in [3.05, 3.63) is 12.2 Å². The third-order valence-corrected chi connectivity index (χ3v) is 7.12. The van der Waals surface area contributed by atoms with Crippen molar-refractivity contribution in [3.8, 4) is 0 Å². The van der Waals surface area contributed by atoms with E-state index in [1.807, 2.05) is 19.1 Å². The number of ketones is 1. The van der Waals surface area contributed by atoms with E-state index in [2.05, 4.69) is 6.92 Å². The predicted octanol–water partition coefficient (Wildman–Crippen LogP) is 3.49. The minimum absolute atomic E-state index is 0.0228. The van der Waals surface area contributed by atoms with Crippen LogP contribution < -0.4 is 0 Å². The van der Waals surface area contributed by atoms with Crippen molar-refractivity contribution in [1.29, 1.82) is 0 Å². The molecule has 3 aliphatic rings. The van der Waals surface area contributed by atoms with Crippen LogP contribution in [0.4, 0.5) is 0 Å². The molecule has 0 saturated heterocycles. The van der Waals surface area contributed by atoms with E-state index in [0.717, 1.165) is 25.7 Å². The molecular formula is C20H32O3. The van der Waals surface area contributed by atoms with Crippen LogP contribution in [-0.2, 0) is 4.79 Å². The van der Waals surface area contributed by atoms with E-state index in [0.29, 0.717) is 18.1 Å². The van der Waals surface area contributed by atoms with Crippen molar-refractivity contribution in [1.82, 2.24) is 0 Å². The number of aliphatic hydroxyl groups excluding tert-OH is 2. The fourth-order valence-electron chi connectivity index (χ4n) is 5.70. The van der Waals surface area contributed by atoms with Gasteiger partial charge in [0, 0.05) is 17.3 Å². The molecule has 0 aromatic heterocycles. The molecule has 2 N–H and O–H groups in total. The minimum Gasteiger partial charge on any atom is -0.393 e. The summed E-state index contributed by atoms with van der Waals surface area (Å²) in [5.41, 5.74) is -0.205. The molecule has 6 atom stereocenters. The molecule has 0 bridgehead atoms. The van der Waals surface area contributed by atoms with Gasteiger partial charge in [-0.1, -0.05) is 45.3 Å². The Bertz CT molecular complexity index is 466. The molecule has 130 valence electrons. The molecule has 0 amide bonds. The van der Waals surface area contributed by atoms with Gasteiger partial charge in [0.05, 0.1) is 12.2 Å². The van der Waals surface area contributed by atoms with Crippen LogP contribution in [-0.4, -0.2) is 28.2 Å². The highest BCUT2D eigenvalue weighted by Crippen LogP contribution is 2.60. The summed E-state index contributed by atoms with van der Waals surface area (Å²) in [7, 11) is 0. The standard InChI is InChI=1S/C20H32O3/c1-3-20-12-11-17(22)15(18(20)13(2)19(20)23)9-10-16(21)14-7-5-4-6-8-14/h9-10,13-18,21-22H,3-8,11-12H2,1-2H3/b10-9+/t13?,15-,16+,17+,18+,20-/m1/s1. The van der Waals surface area contributed by atoms with Gasteiger partial charge >= 0.3 is 0 Å². The van der Waals surface area contributed by atoms with Crippen molar-refractivity contribution >= 4 is 5.78 Å². The molecule has 0 aromatic carbocycles. The van der Waals surface area contributed by atoms with Crippen LogP contribution in [0.1, 0.15) is 65.2 Å². The molecule has 0 radical (unpaired) electrons. The highest BCUT2D eigenvalue weighted by atomic mass is 16.3. The van der Waals surface area contributed by atoms with E-state index in [9.17, 15) is 15.0 Å². The number of hydrogen-bond acceptors (Lipinski definition) is 3. The minimum atomic E-state index is -0.397. The maximum absolute atomic E-state index is 12.4. The molecule has 1 unspecified atom stereocenters. The second kappa shape index (κ2) is 6.68. The predicted molar refractivity (Wildman–Crippen MR) is 90.8 cm³/mol. The van der Waals surface area contributed by atoms with Gasteiger partial charge in [-0.25, -0.2) is 0 Å². The Balaban J connectivity index is 1.72. The van der Waals surface area contributed by atoms with Crippen LogP contribution in [0.5, 0.6) is 0 Å². The Morgan fingerprint density at radius 2 is 1.96 bits per heavy atom. The molecule has 0 aliphatic heterocycles.